The summed E-state index contributed by atoms with van der Waals surface area (Å²) in [5.41, 5.74) is -3.22. The summed E-state index contributed by atoms with van der Waals surface area (Å²) in [7, 11) is -2.22. The topological polar surface area (TPSA) is 144 Å². The molecule has 3 atom stereocenters. The Morgan fingerprint density at radius 3 is 2.46 bits per heavy atom. The van der Waals surface area contributed by atoms with Crippen LogP contribution < -0.4 is 10.0 Å². The fourth-order valence-electron chi connectivity index (χ4n) is 7.38. The van der Waals surface area contributed by atoms with Crippen molar-refractivity contribution in [2.24, 2.45) is 7.05 Å². The average molecular weight is 834 g/mol. The van der Waals surface area contributed by atoms with Gasteiger partial charge in [-0.25, -0.2) is 22.2 Å². The number of rotatable bonds is 9. The Morgan fingerprint density at radius 2 is 1.81 bits per heavy atom. The minimum Gasteiger partial charge on any atom is -0.378 e. The van der Waals surface area contributed by atoms with Crippen molar-refractivity contribution in [3.63, 3.8) is 0 Å². The molecule has 4 heterocycles. The summed E-state index contributed by atoms with van der Waals surface area (Å²) < 4.78 is 130. The molecule has 20 heteroatoms. The second-order valence-corrected chi connectivity index (χ2v) is 17.3. The Hall–Kier alpha value is -5.13. The number of aryl methyl sites for hydroxylation is 1. The normalized spacial score (nSPS) is 19.5. The van der Waals surface area contributed by atoms with Crippen LogP contribution in [-0.2, 0) is 46.9 Å². The van der Waals surface area contributed by atoms with E-state index in [-0.39, 0.29) is 34.8 Å². The highest BCUT2D eigenvalue weighted by Gasteiger charge is 2.69. The summed E-state index contributed by atoms with van der Waals surface area (Å²) in [5, 5.41) is 18.9. The summed E-state index contributed by atoms with van der Waals surface area (Å²) in [6.45, 7) is -1.08. The number of anilines is 1. The lowest BCUT2D eigenvalue weighted by molar-refractivity contribution is -0.142. The van der Waals surface area contributed by atoms with E-state index in [0.717, 1.165) is 24.8 Å². The van der Waals surface area contributed by atoms with Crippen LogP contribution in [0.2, 0.25) is 0 Å². The number of aliphatic hydroxyl groups is 1. The molecule has 1 saturated heterocycles. The number of nitrogens with one attached hydrogen (secondary N) is 2. The Morgan fingerprint density at radius 1 is 1.09 bits per heavy atom. The number of alkyl halides is 5. The third-order valence-electron chi connectivity index (χ3n) is 9.99. The van der Waals surface area contributed by atoms with Gasteiger partial charge in [0.25, 0.3) is 0 Å². The van der Waals surface area contributed by atoms with Crippen molar-refractivity contribution in [1.29, 1.82) is 0 Å². The first kappa shape index (κ1) is 38.7. The van der Waals surface area contributed by atoms with Gasteiger partial charge < -0.3 is 10.4 Å². The number of pyridine rings is 1. The summed E-state index contributed by atoms with van der Waals surface area (Å²) in [6.07, 6.45) is -2.90. The van der Waals surface area contributed by atoms with Crippen LogP contribution in [0.1, 0.15) is 64.5 Å². The van der Waals surface area contributed by atoms with E-state index in [4.69, 9.17) is 4.98 Å². The largest absolute Gasteiger partial charge is 0.435 e. The number of fused-ring (bicyclic) bond motifs is 4. The second kappa shape index (κ2) is 13.5. The first-order valence-electron chi connectivity index (χ1n) is 17.4. The molecule has 0 radical (unpaired) electrons. The first-order valence-corrected chi connectivity index (χ1v) is 20.2. The maximum atomic E-state index is 15.4. The third kappa shape index (κ3) is 7.32. The Labute approximate surface area is 324 Å². The van der Waals surface area contributed by atoms with E-state index < -0.39 is 85.3 Å². The van der Waals surface area contributed by atoms with Gasteiger partial charge in [0, 0.05) is 35.2 Å². The minimum absolute atomic E-state index is 0.000459. The van der Waals surface area contributed by atoms with Crippen LogP contribution in [0.3, 0.4) is 0 Å². The van der Waals surface area contributed by atoms with E-state index in [9.17, 15) is 40.3 Å². The van der Waals surface area contributed by atoms with E-state index in [2.05, 4.69) is 32.1 Å². The van der Waals surface area contributed by atoms with Crippen molar-refractivity contribution in [3.8, 4) is 23.0 Å². The van der Waals surface area contributed by atoms with Crippen molar-refractivity contribution in [3.05, 3.63) is 94.1 Å². The zero-order chi connectivity index (χ0) is 40.8. The smallest absolute Gasteiger partial charge is 0.378 e. The van der Waals surface area contributed by atoms with Crippen LogP contribution in [0.25, 0.3) is 22.0 Å². The van der Waals surface area contributed by atoms with Gasteiger partial charge in [-0.1, -0.05) is 18.1 Å². The number of sulfonamides is 1. The van der Waals surface area contributed by atoms with Crippen LogP contribution in [0.15, 0.2) is 48.5 Å². The van der Waals surface area contributed by atoms with E-state index in [0.29, 0.717) is 51.8 Å². The Balaban J connectivity index is 1.26. The van der Waals surface area contributed by atoms with Crippen LogP contribution in [0.4, 0.5) is 36.6 Å². The predicted octanol–water partition coefficient (Wildman–Crippen LogP) is 6.13. The molecule has 3 aliphatic rings. The van der Waals surface area contributed by atoms with Crippen molar-refractivity contribution in [2.75, 3.05) is 11.0 Å². The van der Waals surface area contributed by atoms with Gasteiger partial charge in [0.2, 0.25) is 15.9 Å². The highest BCUT2D eigenvalue weighted by atomic mass is 32.2. The number of nitrogens with zero attached hydrogens (tertiary/aromatic N) is 5. The van der Waals surface area contributed by atoms with Crippen molar-refractivity contribution in [2.45, 2.75) is 66.5 Å². The summed E-state index contributed by atoms with van der Waals surface area (Å²) in [6, 6.07) is 9.25. The van der Waals surface area contributed by atoms with E-state index >= 15 is 8.78 Å². The minimum atomic E-state index is -5.08. The standard InChI is InChI=1S/C37H30F7N7O4S2/c1-50-29-23(5-3-6-24(29)34(48-50)49-57(2,54)55)22-8-7-21(9-12-35(53)10-4-11-35)45-28(22)25(15-18-13-19(38)16-20(39)14-18)46-26(52)17-51-32-27(31(47-51)37(42,43)44)30-33(56-30)36(32,40)41/h3,5-8,13-14,16,25,30,33,53H,4,10-11,15,17H2,1-2H3,(H,46,52)(H,48,49)/t25-,30+,33+/m0/s1. The Kier molecular flexibility index (Phi) is 9.16. The molecule has 0 unspecified atom stereocenters. The number of hydrogen-bond acceptors (Lipinski definition) is 8. The van der Waals surface area contributed by atoms with Gasteiger partial charge in [-0.3, -0.25) is 18.9 Å². The van der Waals surface area contributed by atoms with Gasteiger partial charge in [0.15, 0.2) is 11.5 Å². The number of aromatic nitrogens is 5. The molecule has 0 bridgehead atoms. The summed E-state index contributed by atoms with van der Waals surface area (Å²) in [5.74, 6) is -1.06. The van der Waals surface area contributed by atoms with E-state index in [1.165, 1.54) is 10.7 Å². The molecule has 3 aromatic heterocycles. The quantitative estimate of drug-likeness (QED) is 0.0916. The molecule has 11 nitrogen and oxygen atoms in total. The highest BCUT2D eigenvalue weighted by molar-refractivity contribution is 8.07. The zero-order valence-electron chi connectivity index (χ0n) is 29.8. The first-order chi connectivity index (χ1) is 26.7. The number of benzene rings is 2. The highest BCUT2D eigenvalue weighted by Crippen LogP contribution is 2.72. The van der Waals surface area contributed by atoms with E-state index in [1.54, 1.807) is 31.3 Å². The van der Waals surface area contributed by atoms with Crippen molar-refractivity contribution in [1.82, 2.24) is 29.9 Å². The number of carbonyl (C=O) groups is 1. The van der Waals surface area contributed by atoms with Crippen LogP contribution >= 0.6 is 11.8 Å². The van der Waals surface area contributed by atoms with Gasteiger partial charge in [-0.2, -0.15) is 32.1 Å². The number of amides is 1. The molecule has 2 aliphatic carbocycles. The fourth-order valence-corrected chi connectivity index (χ4v) is 9.06. The maximum absolute atomic E-state index is 15.4. The maximum Gasteiger partial charge on any atom is 0.435 e. The zero-order valence-corrected chi connectivity index (χ0v) is 31.4. The lowest BCUT2D eigenvalue weighted by atomic mass is 9.81. The third-order valence-corrected chi connectivity index (χ3v) is 11.9. The molecule has 5 aromatic rings. The lowest BCUT2D eigenvalue weighted by Gasteiger charge is -2.30. The van der Waals surface area contributed by atoms with Crippen LogP contribution in [-0.4, -0.2) is 61.1 Å². The second-order valence-electron chi connectivity index (χ2n) is 14.3. The van der Waals surface area contributed by atoms with Gasteiger partial charge in [0.1, 0.15) is 35.2 Å². The van der Waals surface area contributed by atoms with Gasteiger partial charge in [-0.15, -0.1) is 11.8 Å². The SMILES string of the molecule is Cn1nc(NS(C)(=O)=O)c2cccc(-c3ccc(C#CC4(O)CCC4)nc3[C@H](Cc3cc(F)cc(F)c3)NC(=O)Cn3nc(C(F)(F)F)c4c3C(F)(F)[C@@H]3S[C@H]43)c21. The Bertz CT molecular complexity index is 2650. The molecule has 0 spiro atoms. The number of para-hydroxylation sites is 1. The summed E-state index contributed by atoms with van der Waals surface area (Å²) >= 11 is 0.679. The molecule has 298 valence electrons. The fraction of sp³-hybridized carbons (Fsp3) is 0.351. The molecule has 1 aliphatic heterocycles. The van der Waals surface area contributed by atoms with Crippen molar-refractivity contribution < 1.29 is 49.1 Å². The number of halogens is 7. The molecule has 1 saturated carbocycles. The predicted molar refractivity (Wildman–Crippen MR) is 194 cm³/mol. The lowest BCUT2D eigenvalue weighted by Crippen LogP contribution is -2.35. The molecular formula is C37H30F7N7O4S2. The average Bonchev–Trinajstić information content (AvgIpc) is 3.64. The monoisotopic (exact) mass is 833 g/mol. The number of hydrogen-bond donors (Lipinski definition) is 3. The molecule has 2 fully saturated rings. The molecule has 2 aromatic carbocycles. The number of carbonyl (C=O) groups excluding carboxylic acids is 1. The van der Waals surface area contributed by atoms with E-state index in [1.807, 2.05) is 0 Å². The van der Waals surface area contributed by atoms with Crippen LogP contribution in [0.5, 0.6) is 0 Å². The molecule has 3 N–H and O–H groups in total. The molecular weight excluding hydrogens is 804 g/mol. The molecule has 1 amide bonds. The van der Waals surface area contributed by atoms with Crippen molar-refractivity contribution >= 4 is 44.4 Å². The number of thioether (sulfide) groups is 1. The molecule has 8 rings (SSSR count). The van der Waals surface area contributed by atoms with Crippen LogP contribution in [0, 0.1) is 23.5 Å². The van der Waals surface area contributed by atoms with Gasteiger partial charge >= 0.3 is 12.1 Å². The van der Waals surface area contributed by atoms with Gasteiger partial charge in [-0.05, 0) is 67.5 Å². The van der Waals surface area contributed by atoms with Gasteiger partial charge in [0.05, 0.1) is 34.0 Å². The summed E-state index contributed by atoms with van der Waals surface area (Å²) in [4.78, 5) is 18.6. The molecule has 57 heavy (non-hydrogen) atoms.